The largest absolute Gasteiger partial charge is 0.382 e. The van der Waals surface area contributed by atoms with Crippen molar-refractivity contribution in [1.29, 1.82) is 0 Å². The van der Waals surface area contributed by atoms with Gasteiger partial charge in [0.05, 0.1) is 11.0 Å². The Bertz CT molecular complexity index is 794. The molecule has 0 aliphatic carbocycles. The van der Waals surface area contributed by atoms with Crippen molar-refractivity contribution in [2.45, 2.75) is 39.2 Å². The molecule has 3 aromatic rings. The van der Waals surface area contributed by atoms with Crippen LogP contribution >= 0.6 is 11.6 Å². The summed E-state index contributed by atoms with van der Waals surface area (Å²) in [6.07, 6.45) is 4.15. The van der Waals surface area contributed by atoms with Crippen LogP contribution in [-0.4, -0.2) is 20.4 Å². The zero-order valence-corrected chi connectivity index (χ0v) is 13.6. The molecule has 2 heterocycles. The molecule has 0 bridgehead atoms. The van der Waals surface area contributed by atoms with Crippen molar-refractivity contribution in [3.63, 3.8) is 0 Å². The van der Waals surface area contributed by atoms with E-state index in [1.165, 1.54) is 0 Å². The van der Waals surface area contributed by atoms with Gasteiger partial charge in [-0.3, -0.25) is 0 Å². The van der Waals surface area contributed by atoms with Gasteiger partial charge < -0.3 is 10.3 Å². The molecule has 2 aromatic heterocycles. The maximum atomic E-state index is 6.15. The number of nitrogen functional groups attached to an aromatic ring is 1. The molecular formula is C17H21ClN4. The molecule has 0 radical (unpaired) electrons. The average molecular weight is 317 g/mol. The number of pyridine rings is 1. The minimum atomic E-state index is 0.510. The number of unbranched alkanes of at least 4 members (excludes halogenated alkanes) is 1. The first kappa shape index (κ1) is 15.1. The molecule has 0 aliphatic rings. The van der Waals surface area contributed by atoms with E-state index >= 15 is 0 Å². The molecule has 1 aromatic carbocycles. The van der Waals surface area contributed by atoms with E-state index < -0.39 is 0 Å². The molecule has 3 rings (SSSR count). The van der Waals surface area contributed by atoms with Crippen LogP contribution in [0.5, 0.6) is 0 Å². The highest BCUT2D eigenvalue weighted by molar-refractivity contribution is 6.17. The molecule has 4 nitrogen and oxygen atoms in total. The Morgan fingerprint density at radius 1 is 1.18 bits per heavy atom. The number of rotatable bonds is 6. The van der Waals surface area contributed by atoms with Crippen molar-refractivity contribution < 1.29 is 0 Å². The topological polar surface area (TPSA) is 56.7 Å². The van der Waals surface area contributed by atoms with E-state index in [0.717, 1.165) is 60.0 Å². The molecule has 0 unspecified atom stereocenters. The zero-order chi connectivity index (χ0) is 15.5. The molecular weight excluding hydrogens is 296 g/mol. The summed E-state index contributed by atoms with van der Waals surface area (Å²) in [5.74, 6) is 2.24. The van der Waals surface area contributed by atoms with Crippen molar-refractivity contribution >= 4 is 39.4 Å². The number of anilines is 1. The number of nitrogens with zero attached hydrogens (tertiary/aromatic N) is 3. The van der Waals surface area contributed by atoms with Crippen LogP contribution in [0.25, 0.3) is 21.9 Å². The first-order valence-corrected chi connectivity index (χ1v) is 8.39. The molecule has 5 heteroatoms. The molecule has 0 saturated carbocycles. The lowest BCUT2D eigenvalue weighted by Gasteiger charge is -2.10. The van der Waals surface area contributed by atoms with Crippen molar-refractivity contribution in [2.75, 3.05) is 11.6 Å². The minimum absolute atomic E-state index is 0.510. The van der Waals surface area contributed by atoms with Gasteiger partial charge in [0.25, 0.3) is 0 Å². The number of benzene rings is 1. The fourth-order valence-electron chi connectivity index (χ4n) is 2.89. The van der Waals surface area contributed by atoms with Crippen LogP contribution in [0.4, 0.5) is 5.82 Å². The zero-order valence-electron chi connectivity index (χ0n) is 12.8. The van der Waals surface area contributed by atoms with Crippen molar-refractivity contribution in [3.05, 3.63) is 30.1 Å². The normalized spacial score (nSPS) is 11.5. The number of hydrogen-bond donors (Lipinski definition) is 1. The summed E-state index contributed by atoms with van der Waals surface area (Å²) in [7, 11) is 0. The molecule has 0 fully saturated rings. The predicted molar refractivity (Wildman–Crippen MR) is 93.4 cm³/mol. The molecule has 0 atom stereocenters. The predicted octanol–water partition coefficient (Wildman–Crippen LogP) is 4.14. The fraction of sp³-hybridized carbons (Fsp3) is 0.412. The number of hydrogen-bond acceptors (Lipinski definition) is 3. The molecule has 116 valence electrons. The number of aryl methyl sites for hydroxylation is 2. The summed E-state index contributed by atoms with van der Waals surface area (Å²) in [6, 6.07) is 8.10. The van der Waals surface area contributed by atoms with E-state index in [-0.39, 0.29) is 0 Å². The molecule has 22 heavy (non-hydrogen) atoms. The summed E-state index contributed by atoms with van der Waals surface area (Å²) in [5.41, 5.74) is 8.98. The Morgan fingerprint density at radius 2 is 2.00 bits per heavy atom. The Kier molecular flexibility index (Phi) is 4.48. The average Bonchev–Trinajstić information content (AvgIpc) is 2.90. The smallest absolute Gasteiger partial charge is 0.152 e. The van der Waals surface area contributed by atoms with Crippen molar-refractivity contribution in [1.82, 2.24) is 14.5 Å². The van der Waals surface area contributed by atoms with Gasteiger partial charge in [-0.15, -0.1) is 11.6 Å². The van der Waals surface area contributed by atoms with Gasteiger partial charge in [-0.2, -0.15) is 0 Å². The van der Waals surface area contributed by atoms with E-state index in [4.69, 9.17) is 22.3 Å². The Labute approximate surface area is 135 Å². The van der Waals surface area contributed by atoms with E-state index in [9.17, 15) is 0 Å². The number of nitrogens with two attached hydrogens (primary N) is 1. The van der Waals surface area contributed by atoms with Crippen LogP contribution in [0.3, 0.4) is 0 Å². The van der Waals surface area contributed by atoms with Crippen molar-refractivity contribution in [2.24, 2.45) is 0 Å². The Balaban J connectivity index is 2.27. The van der Waals surface area contributed by atoms with Gasteiger partial charge in [0.2, 0.25) is 0 Å². The lowest BCUT2D eigenvalue weighted by molar-refractivity contribution is 0.636. The fourth-order valence-corrected chi connectivity index (χ4v) is 3.01. The summed E-state index contributed by atoms with van der Waals surface area (Å²) in [4.78, 5) is 9.28. The van der Waals surface area contributed by atoms with Gasteiger partial charge in [-0.1, -0.05) is 31.5 Å². The van der Waals surface area contributed by atoms with Crippen LogP contribution in [-0.2, 0) is 13.0 Å². The summed E-state index contributed by atoms with van der Waals surface area (Å²) >= 11 is 5.91. The third-order valence-electron chi connectivity index (χ3n) is 3.96. The van der Waals surface area contributed by atoms with Gasteiger partial charge in [-0.25, -0.2) is 9.97 Å². The standard InChI is InChI=1S/C17H21ClN4/c1-2-3-9-14-21-15-16(22(14)11-6-10-18)12-7-4-5-8-13(12)20-17(15)19/h4-5,7-8H,2-3,6,9-11H2,1H3,(H2,19,20). The summed E-state index contributed by atoms with van der Waals surface area (Å²) in [5, 5.41) is 1.11. The van der Waals surface area contributed by atoms with Gasteiger partial charge >= 0.3 is 0 Å². The Morgan fingerprint density at radius 3 is 2.77 bits per heavy atom. The molecule has 0 amide bonds. The van der Waals surface area contributed by atoms with Crippen LogP contribution in [0.2, 0.25) is 0 Å². The SMILES string of the molecule is CCCCc1nc2c(N)nc3ccccc3c2n1CCCCl. The third kappa shape index (κ3) is 2.63. The number of imidazole rings is 1. The lowest BCUT2D eigenvalue weighted by atomic mass is 10.2. The number of alkyl halides is 1. The number of fused-ring (bicyclic) bond motifs is 3. The van der Waals surface area contributed by atoms with Crippen LogP contribution in [0.1, 0.15) is 32.0 Å². The molecule has 2 N–H and O–H groups in total. The van der Waals surface area contributed by atoms with E-state index in [2.05, 4.69) is 22.5 Å². The van der Waals surface area contributed by atoms with Gasteiger partial charge in [-0.05, 0) is 18.9 Å². The second kappa shape index (κ2) is 6.53. The first-order valence-electron chi connectivity index (χ1n) is 7.85. The highest BCUT2D eigenvalue weighted by Gasteiger charge is 2.16. The van der Waals surface area contributed by atoms with Gasteiger partial charge in [0.15, 0.2) is 5.82 Å². The minimum Gasteiger partial charge on any atom is -0.382 e. The molecule has 0 saturated heterocycles. The van der Waals surface area contributed by atoms with E-state index in [1.54, 1.807) is 0 Å². The van der Waals surface area contributed by atoms with Crippen molar-refractivity contribution in [3.8, 4) is 0 Å². The highest BCUT2D eigenvalue weighted by Crippen LogP contribution is 2.29. The lowest BCUT2D eigenvalue weighted by Crippen LogP contribution is -2.05. The monoisotopic (exact) mass is 316 g/mol. The first-order chi connectivity index (χ1) is 10.8. The number of halogens is 1. The van der Waals surface area contributed by atoms with Gasteiger partial charge in [0.1, 0.15) is 11.3 Å². The summed E-state index contributed by atoms with van der Waals surface area (Å²) < 4.78 is 2.29. The molecule has 0 aliphatic heterocycles. The maximum absolute atomic E-state index is 6.15. The number of aromatic nitrogens is 3. The highest BCUT2D eigenvalue weighted by atomic mass is 35.5. The second-order valence-electron chi connectivity index (χ2n) is 5.54. The second-order valence-corrected chi connectivity index (χ2v) is 5.92. The van der Waals surface area contributed by atoms with Gasteiger partial charge in [0, 0.05) is 24.2 Å². The maximum Gasteiger partial charge on any atom is 0.152 e. The molecule has 0 spiro atoms. The number of para-hydroxylation sites is 1. The van der Waals surface area contributed by atoms with E-state index in [1.807, 2.05) is 18.2 Å². The Hall–Kier alpha value is -1.81. The van der Waals surface area contributed by atoms with E-state index in [0.29, 0.717) is 11.7 Å². The summed E-state index contributed by atoms with van der Waals surface area (Å²) in [6.45, 7) is 3.06. The van der Waals surface area contributed by atoms with Crippen LogP contribution in [0, 0.1) is 0 Å². The third-order valence-corrected chi connectivity index (χ3v) is 4.23. The van der Waals surface area contributed by atoms with Crippen LogP contribution < -0.4 is 5.73 Å². The quantitative estimate of drug-likeness (QED) is 0.695. The van der Waals surface area contributed by atoms with Crippen LogP contribution in [0.15, 0.2) is 24.3 Å².